The van der Waals surface area contributed by atoms with Gasteiger partial charge in [0.2, 0.25) is 0 Å². The molecular formula is C19H34O3. The van der Waals surface area contributed by atoms with Crippen LogP contribution < -0.4 is 0 Å². The van der Waals surface area contributed by atoms with Gasteiger partial charge in [0, 0.05) is 6.42 Å². The van der Waals surface area contributed by atoms with Crippen LogP contribution in [0.15, 0.2) is 24.3 Å². The van der Waals surface area contributed by atoms with Crippen LogP contribution in [0.1, 0.15) is 84.0 Å². The van der Waals surface area contributed by atoms with Crippen molar-refractivity contribution >= 4 is 5.97 Å². The molecule has 3 heteroatoms. The van der Waals surface area contributed by atoms with E-state index in [1.165, 1.54) is 25.7 Å². The van der Waals surface area contributed by atoms with E-state index < -0.39 is 5.97 Å². The average Bonchev–Trinajstić information content (AvgIpc) is 2.48. The number of carboxylic acids is 1. The van der Waals surface area contributed by atoms with Crippen LogP contribution >= 0.6 is 0 Å². The summed E-state index contributed by atoms with van der Waals surface area (Å²) >= 11 is 0. The van der Waals surface area contributed by atoms with E-state index in [1.807, 2.05) is 18.2 Å². The number of allylic oxidation sites excluding steroid dienone is 3. The number of unbranched alkanes of at least 4 members (excludes halogenated alkanes) is 8. The summed E-state index contributed by atoms with van der Waals surface area (Å²) < 4.78 is 0. The minimum absolute atomic E-state index is 0.274. The fourth-order valence-corrected chi connectivity index (χ4v) is 2.31. The Kier molecular flexibility index (Phi) is 15.5. The van der Waals surface area contributed by atoms with Crippen molar-refractivity contribution in [3.05, 3.63) is 24.3 Å². The number of carboxylic acid groups (broad SMARTS) is 1. The van der Waals surface area contributed by atoms with Gasteiger partial charge in [-0.1, -0.05) is 76.2 Å². The highest BCUT2D eigenvalue weighted by atomic mass is 16.4. The van der Waals surface area contributed by atoms with Crippen LogP contribution in [0.25, 0.3) is 0 Å². The molecule has 0 aromatic heterocycles. The molecule has 0 aliphatic heterocycles. The SMILES string of the molecule is CCCCCC/C=C\C=C\[C@@H](O)CCCCCCCC(=O)O. The standard InChI is InChI=1S/C19H34O3/c1-2-3-4-5-6-7-9-12-15-18(20)16-13-10-8-11-14-17-19(21)22/h7,9,12,15,18,20H,2-6,8,10-11,13-14,16-17H2,1H3,(H,21,22)/b9-7-,15-12+/t18-/m1/s1. The van der Waals surface area contributed by atoms with Crippen LogP contribution in [0.4, 0.5) is 0 Å². The smallest absolute Gasteiger partial charge is 0.303 e. The Balaban J connectivity index is 3.40. The second-order valence-electron chi connectivity index (χ2n) is 5.93. The van der Waals surface area contributed by atoms with E-state index in [2.05, 4.69) is 13.0 Å². The Labute approximate surface area is 136 Å². The van der Waals surface area contributed by atoms with E-state index in [0.717, 1.165) is 44.9 Å². The Morgan fingerprint density at radius 3 is 2.36 bits per heavy atom. The summed E-state index contributed by atoms with van der Waals surface area (Å²) in [6.45, 7) is 2.22. The van der Waals surface area contributed by atoms with Crippen molar-refractivity contribution in [1.82, 2.24) is 0 Å². The molecule has 0 saturated carbocycles. The molecule has 0 aromatic carbocycles. The predicted octanol–water partition coefficient (Wildman–Crippen LogP) is 5.25. The Morgan fingerprint density at radius 2 is 1.64 bits per heavy atom. The zero-order valence-electron chi connectivity index (χ0n) is 14.2. The maximum Gasteiger partial charge on any atom is 0.303 e. The lowest BCUT2D eigenvalue weighted by atomic mass is 10.1. The first-order chi connectivity index (χ1) is 10.7. The first-order valence-corrected chi connectivity index (χ1v) is 8.90. The number of aliphatic carboxylic acids is 1. The molecule has 0 fully saturated rings. The molecule has 1 atom stereocenters. The second kappa shape index (κ2) is 16.3. The quantitative estimate of drug-likeness (QED) is 0.321. The summed E-state index contributed by atoms with van der Waals surface area (Å²) in [5.74, 6) is -0.709. The van der Waals surface area contributed by atoms with Gasteiger partial charge >= 0.3 is 5.97 Å². The molecule has 0 saturated heterocycles. The van der Waals surface area contributed by atoms with Gasteiger partial charge in [0.15, 0.2) is 0 Å². The molecule has 0 aliphatic carbocycles. The molecule has 0 aromatic rings. The first-order valence-electron chi connectivity index (χ1n) is 8.90. The minimum Gasteiger partial charge on any atom is -0.481 e. The molecule has 0 heterocycles. The zero-order chi connectivity index (χ0) is 16.5. The van der Waals surface area contributed by atoms with E-state index in [9.17, 15) is 9.90 Å². The lowest BCUT2D eigenvalue weighted by Gasteiger charge is -2.04. The summed E-state index contributed by atoms with van der Waals surface area (Å²) in [5, 5.41) is 18.3. The van der Waals surface area contributed by atoms with Crippen LogP contribution in [-0.4, -0.2) is 22.3 Å². The van der Waals surface area contributed by atoms with Crippen LogP contribution in [-0.2, 0) is 4.79 Å². The molecule has 0 radical (unpaired) electrons. The van der Waals surface area contributed by atoms with Gasteiger partial charge in [0.25, 0.3) is 0 Å². The van der Waals surface area contributed by atoms with Gasteiger partial charge in [-0.25, -0.2) is 0 Å². The summed E-state index contributed by atoms with van der Waals surface area (Å²) in [4.78, 5) is 10.3. The highest BCUT2D eigenvalue weighted by molar-refractivity contribution is 5.66. The molecule has 128 valence electrons. The van der Waals surface area contributed by atoms with Gasteiger partial charge in [-0.3, -0.25) is 4.79 Å². The van der Waals surface area contributed by atoms with E-state index >= 15 is 0 Å². The van der Waals surface area contributed by atoms with Crippen LogP contribution in [0.2, 0.25) is 0 Å². The zero-order valence-corrected chi connectivity index (χ0v) is 14.2. The molecule has 0 aliphatic rings. The van der Waals surface area contributed by atoms with Gasteiger partial charge in [-0.15, -0.1) is 0 Å². The van der Waals surface area contributed by atoms with Crippen molar-refractivity contribution in [3.8, 4) is 0 Å². The molecule has 0 amide bonds. The number of hydrogen-bond donors (Lipinski definition) is 2. The number of carbonyl (C=O) groups is 1. The molecule has 0 bridgehead atoms. The number of aliphatic hydroxyl groups excluding tert-OH is 1. The van der Waals surface area contributed by atoms with Crippen LogP contribution in [0.3, 0.4) is 0 Å². The number of aliphatic hydroxyl groups is 1. The first kappa shape index (κ1) is 20.9. The third-order valence-electron chi connectivity index (χ3n) is 3.70. The highest BCUT2D eigenvalue weighted by Gasteiger charge is 1.99. The lowest BCUT2D eigenvalue weighted by Crippen LogP contribution is -2.01. The third kappa shape index (κ3) is 17.0. The van der Waals surface area contributed by atoms with Gasteiger partial charge < -0.3 is 10.2 Å². The average molecular weight is 310 g/mol. The van der Waals surface area contributed by atoms with Crippen molar-refractivity contribution in [2.75, 3.05) is 0 Å². The van der Waals surface area contributed by atoms with Gasteiger partial charge in [-0.2, -0.15) is 0 Å². The molecule has 0 unspecified atom stereocenters. The topological polar surface area (TPSA) is 57.5 Å². The van der Waals surface area contributed by atoms with E-state index in [-0.39, 0.29) is 12.5 Å². The van der Waals surface area contributed by atoms with Crippen molar-refractivity contribution in [3.63, 3.8) is 0 Å². The molecule has 3 nitrogen and oxygen atoms in total. The maximum atomic E-state index is 10.3. The van der Waals surface area contributed by atoms with E-state index in [1.54, 1.807) is 0 Å². The van der Waals surface area contributed by atoms with Crippen molar-refractivity contribution < 1.29 is 15.0 Å². The Bertz CT molecular complexity index is 308. The van der Waals surface area contributed by atoms with Gasteiger partial charge in [0.05, 0.1) is 6.10 Å². The van der Waals surface area contributed by atoms with Crippen molar-refractivity contribution in [2.24, 2.45) is 0 Å². The van der Waals surface area contributed by atoms with Crippen LogP contribution in [0, 0.1) is 0 Å². The fourth-order valence-electron chi connectivity index (χ4n) is 2.31. The number of rotatable bonds is 15. The summed E-state index contributed by atoms with van der Waals surface area (Å²) in [6, 6.07) is 0. The molecule has 22 heavy (non-hydrogen) atoms. The fraction of sp³-hybridized carbons (Fsp3) is 0.737. The van der Waals surface area contributed by atoms with Crippen molar-refractivity contribution in [1.29, 1.82) is 0 Å². The molecule has 0 spiro atoms. The molecule has 2 N–H and O–H groups in total. The van der Waals surface area contributed by atoms with Gasteiger partial charge in [-0.05, 0) is 25.7 Å². The second-order valence-corrected chi connectivity index (χ2v) is 5.93. The Hall–Kier alpha value is -1.09. The largest absolute Gasteiger partial charge is 0.481 e. The molecular weight excluding hydrogens is 276 g/mol. The maximum absolute atomic E-state index is 10.3. The normalized spacial score (nSPS) is 13.2. The predicted molar refractivity (Wildman–Crippen MR) is 93.0 cm³/mol. The van der Waals surface area contributed by atoms with E-state index in [0.29, 0.717) is 0 Å². The van der Waals surface area contributed by atoms with Crippen molar-refractivity contribution in [2.45, 2.75) is 90.1 Å². The van der Waals surface area contributed by atoms with Gasteiger partial charge in [0.1, 0.15) is 0 Å². The summed E-state index contributed by atoms with van der Waals surface area (Å²) in [6.07, 6.45) is 19.8. The number of hydrogen-bond acceptors (Lipinski definition) is 2. The van der Waals surface area contributed by atoms with E-state index in [4.69, 9.17) is 5.11 Å². The van der Waals surface area contributed by atoms with Crippen LogP contribution in [0.5, 0.6) is 0 Å². The monoisotopic (exact) mass is 310 g/mol. The summed E-state index contributed by atoms with van der Waals surface area (Å²) in [7, 11) is 0. The minimum atomic E-state index is -0.709. The lowest BCUT2D eigenvalue weighted by molar-refractivity contribution is -0.137. The highest BCUT2D eigenvalue weighted by Crippen LogP contribution is 2.09. The molecule has 0 rings (SSSR count). The Morgan fingerprint density at radius 1 is 0.955 bits per heavy atom. The third-order valence-corrected chi connectivity index (χ3v) is 3.70. The summed E-state index contributed by atoms with van der Waals surface area (Å²) in [5.41, 5.74) is 0.